The summed E-state index contributed by atoms with van der Waals surface area (Å²) < 4.78 is 0. The van der Waals surface area contributed by atoms with Gasteiger partial charge in [-0.05, 0) is 19.1 Å². The van der Waals surface area contributed by atoms with Gasteiger partial charge in [0.15, 0.2) is 0 Å². The van der Waals surface area contributed by atoms with Gasteiger partial charge in [-0.2, -0.15) is 0 Å². The number of amides is 2. The molecule has 0 bridgehead atoms. The van der Waals surface area contributed by atoms with Crippen LogP contribution in [0.4, 0.5) is 5.69 Å². The second-order valence-corrected chi connectivity index (χ2v) is 4.84. The number of rotatable bonds is 7. The second kappa shape index (κ2) is 8.79. The molecule has 0 aliphatic heterocycles. The van der Waals surface area contributed by atoms with Crippen LogP contribution in [0.2, 0.25) is 10.0 Å². The standard InChI is InChI=1S/C13H17Cl2N3O2/c1-2-17-11(19)6-7-16-8-12(20)18-13-9(14)4-3-5-10(13)15/h3-5,16H,2,6-8H2,1H3,(H,17,19)(H,18,20). The smallest absolute Gasteiger partial charge is 0.238 e. The van der Waals surface area contributed by atoms with Crippen LogP contribution in [0.25, 0.3) is 0 Å². The number of nitrogens with one attached hydrogen (secondary N) is 3. The molecule has 0 aliphatic carbocycles. The van der Waals surface area contributed by atoms with Gasteiger partial charge in [0.1, 0.15) is 0 Å². The quantitative estimate of drug-likeness (QED) is 0.674. The first-order valence-electron chi connectivity index (χ1n) is 6.26. The van der Waals surface area contributed by atoms with Crippen molar-refractivity contribution in [2.75, 3.05) is 25.0 Å². The number of hydrogen-bond acceptors (Lipinski definition) is 3. The average molecular weight is 318 g/mol. The molecule has 0 aromatic heterocycles. The van der Waals surface area contributed by atoms with E-state index in [0.29, 0.717) is 35.2 Å². The summed E-state index contributed by atoms with van der Waals surface area (Å²) in [5, 5.41) is 8.94. The number of para-hydroxylation sites is 1. The fraction of sp³-hybridized carbons (Fsp3) is 0.385. The summed E-state index contributed by atoms with van der Waals surface area (Å²) in [6.45, 7) is 2.97. The Balaban J connectivity index is 2.32. The molecule has 3 N–H and O–H groups in total. The van der Waals surface area contributed by atoms with Gasteiger partial charge < -0.3 is 16.0 Å². The Hall–Kier alpha value is -1.30. The van der Waals surface area contributed by atoms with E-state index >= 15 is 0 Å². The van der Waals surface area contributed by atoms with Gasteiger partial charge >= 0.3 is 0 Å². The van der Waals surface area contributed by atoms with Gasteiger partial charge in [-0.15, -0.1) is 0 Å². The SMILES string of the molecule is CCNC(=O)CCNCC(=O)Nc1c(Cl)cccc1Cl. The van der Waals surface area contributed by atoms with E-state index in [1.54, 1.807) is 18.2 Å². The molecule has 0 saturated carbocycles. The molecule has 0 radical (unpaired) electrons. The van der Waals surface area contributed by atoms with Gasteiger partial charge in [-0.1, -0.05) is 29.3 Å². The van der Waals surface area contributed by atoms with Crippen molar-refractivity contribution in [2.24, 2.45) is 0 Å². The molecule has 1 aromatic rings. The Morgan fingerprint density at radius 1 is 1.15 bits per heavy atom. The third-order valence-corrected chi connectivity index (χ3v) is 3.05. The minimum atomic E-state index is -0.268. The number of benzene rings is 1. The summed E-state index contributed by atoms with van der Waals surface area (Å²) in [6.07, 6.45) is 0.327. The summed E-state index contributed by atoms with van der Waals surface area (Å²) in [5.74, 6) is -0.314. The van der Waals surface area contributed by atoms with E-state index in [4.69, 9.17) is 23.2 Å². The van der Waals surface area contributed by atoms with E-state index in [1.807, 2.05) is 6.92 Å². The molecule has 1 rings (SSSR count). The van der Waals surface area contributed by atoms with Crippen LogP contribution >= 0.6 is 23.2 Å². The fourth-order valence-electron chi connectivity index (χ4n) is 1.49. The maximum Gasteiger partial charge on any atom is 0.238 e. The van der Waals surface area contributed by atoms with Crippen molar-refractivity contribution in [3.05, 3.63) is 28.2 Å². The average Bonchev–Trinajstić information content (AvgIpc) is 2.39. The molecule has 0 heterocycles. The van der Waals surface area contributed by atoms with Crippen LogP contribution in [0.3, 0.4) is 0 Å². The Labute approximate surface area is 128 Å². The van der Waals surface area contributed by atoms with E-state index in [1.165, 1.54) is 0 Å². The Morgan fingerprint density at radius 2 is 1.80 bits per heavy atom. The summed E-state index contributed by atoms with van der Waals surface area (Å²) in [5.41, 5.74) is 0.395. The lowest BCUT2D eigenvalue weighted by Crippen LogP contribution is -2.32. The van der Waals surface area contributed by atoms with Crippen LogP contribution in [-0.2, 0) is 9.59 Å². The Kier molecular flexibility index (Phi) is 7.36. The zero-order chi connectivity index (χ0) is 15.0. The van der Waals surface area contributed by atoms with Crippen LogP contribution in [0.15, 0.2) is 18.2 Å². The maximum absolute atomic E-state index is 11.7. The lowest BCUT2D eigenvalue weighted by molar-refractivity contribution is -0.121. The summed E-state index contributed by atoms with van der Waals surface area (Å²) in [6, 6.07) is 4.99. The normalized spacial score (nSPS) is 10.2. The highest BCUT2D eigenvalue weighted by Crippen LogP contribution is 2.29. The van der Waals surface area contributed by atoms with E-state index in [2.05, 4.69) is 16.0 Å². The lowest BCUT2D eigenvalue weighted by atomic mass is 10.3. The van der Waals surface area contributed by atoms with Gasteiger partial charge in [0.05, 0.1) is 22.3 Å². The molecular formula is C13H17Cl2N3O2. The monoisotopic (exact) mass is 317 g/mol. The molecule has 2 amide bonds. The number of hydrogen-bond donors (Lipinski definition) is 3. The van der Waals surface area contributed by atoms with E-state index < -0.39 is 0 Å². The highest BCUT2D eigenvalue weighted by atomic mass is 35.5. The van der Waals surface area contributed by atoms with Gasteiger partial charge in [0, 0.05) is 19.5 Å². The minimum absolute atomic E-state index is 0.0467. The van der Waals surface area contributed by atoms with Gasteiger partial charge in [0.25, 0.3) is 0 Å². The largest absolute Gasteiger partial charge is 0.356 e. The molecule has 0 saturated heterocycles. The molecule has 0 spiro atoms. The van der Waals surface area contributed by atoms with Crippen LogP contribution < -0.4 is 16.0 Å². The Morgan fingerprint density at radius 3 is 2.40 bits per heavy atom. The molecule has 0 aliphatic rings. The fourth-order valence-corrected chi connectivity index (χ4v) is 1.98. The molecule has 7 heteroatoms. The third kappa shape index (κ3) is 5.77. The molecule has 0 atom stereocenters. The first kappa shape index (κ1) is 16.8. The van der Waals surface area contributed by atoms with Crippen molar-refractivity contribution >= 4 is 40.7 Å². The molecule has 5 nitrogen and oxygen atoms in total. The van der Waals surface area contributed by atoms with Crippen molar-refractivity contribution in [1.82, 2.24) is 10.6 Å². The minimum Gasteiger partial charge on any atom is -0.356 e. The van der Waals surface area contributed by atoms with Crippen molar-refractivity contribution in [3.8, 4) is 0 Å². The summed E-state index contributed by atoms with van der Waals surface area (Å²) >= 11 is 11.9. The summed E-state index contributed by atoms with van der Waals surface area (Å²) in [7, 11) is 0. The van der Waals surface area contributed by atoms with E-state index in [-0.39, 0.29) is 18.4 Å². The molecule has 1 aromatic carbocycles. The van der Waals surface area contributed by atoms with Crippen molar-refractivity contribution in [3.63, 3.8) is 0 Å². The van der Waals surface area contributed by atoms with Crippen molar-refractivity contribution in [1.29, 1.82) is 0 Å². The second-order valence-electron chi connectivity index (χ2n) is 4.03. The highest BCUT2D eigenvalue weighted by molar-refractivity contribution is 6.39. The Bertz CT molecular complexity index is 460. The zero-order valence-corrected chi connectivity index (χ0v) is 12.6. The molecule has 0 fully saturated rings. The van der Waals surface area contributed by atoms with Crippen LogP contribution in [0, 0.1) is 0 Å². The highest BCUT2D eigenvalue weighted by Gasteiger charge is 2.09. The van der Waals surface area contributed by atoms with Gasteiger partial charge in [-0.3, -0.25) is 9.59 Å². The lowest BCUT2D eigenvalue weighted by Gasteiger charge is -2.09. The number of anilines is 1. The number of carbonyl (C=O) groups is 2. The van der Waals surface area contributed by atoms with E-state index in [9.17, 15) is 9.59 Å². The predicted molar refractivity (Wildman–Crippen MR) is 81.3 cm³/mol. The number of carbonyl (C=O) groups excluding carboxylic acids is 2. The molecule has 110 valence electrons. The van der Waals surface area contributed by atoms with Crippen LogP contribution in [0.1, 0.15) is 13.3 Å². The van der Waals surface area contributed by atoms with Gasteiger partial charge in [0.2, 0.25) is 11.8 Å². The maximum atomic E-state index is 11.7. The number of halogens is 2. The third-order valence-electron chi connectivity index (χ3n) is 2.42. The summed E-state index contributed by atoms with van der Waals surface area (Å²) in [4.78, 5) is 22.9. The van der Waals surface area contributed by atoms with Crippen LogP contribution in [-0.4, -0.2) is 31.4 Å². The zero-order valence-electron chi connectivity index (χ0n) is 11.1. The first-order valence-corrected chi connectivity index (χ1v) is 7.01. The van der Waals surface area contributed by atoms with Gasteiger partial charge in [-0.25, -0.2) is 0 Å². The van der Waals surface area contributed by atoms with Crippen molar-refractivity contribution < 1.29 is 9.59 Å². The van der Waals surface area contributed by atoms with Crippen molar-refractivity contribution in [2.45, 2.75) is 13.3 Å². The first-order chi connectivity index (χ1) is 9.54. The molecule has 20 heavy (non-hydrogen) atoms. The molecule has 0 unspecified atom stereocenters. The van der Waals surface area contributed by atoms with E-state index in [0.717, 1.165) is 0 Å². The topological polar surface area (TPSA) is 70.2 Å². The molecular weight excluding hydrogens is 301 g/mol. The predicted octanol–water partition coefficient (Wildman–Crippen LogP) is 2.05. The van der Waals surface area contributed by atoms with Crippen LogP contribution in [0.5, 0.6) is 0 Å².